The van der Waals surface area contributed by atoms with Crippen LogP contribution in [-0.4, -0.2) is 30.4 Å². The number of thioether (sulfide) groups is 1. The van der Waals surface area contributed by atoms with Gasteiger partial charge in [0.2, 0.25) is 0 Å². The molecule has 0 spiro atoms. The third-order valence-electron chi connectivity index (χ3n) is 3.90. The van der Waals surface area contributed by atoms with Gasteiger partial charge in [-0.2, -0.15) is 0 Å². The van der Waals surface area contributed by atoms with Crippen molar-refractivity contribution in [3.8, 4) is 22.8 Å². The SMILES string of the molecule is COc1ccc(-c2csc(NC(=O)c3ccccc3SC(C)C)n2)cc1OC. The molecule has 0 atom stereocenters. The first-order valence-corrected chi connectivity index (χ1v) is 10.5. The lowest BCUT2D eigenvalue weighted by Crippen LogP contribution is -2.13. The summed E-state index contributed by atoms with van der Waals surface area (Å²) in [5, 5.41) is 5.77. The van der Waals surface area contributed by atoms with Crippen LogP contribution in [0.5, 0.6) is 11.5 Å². The van der Waals surface area contributed by atoms with Crippen molar-refractivity contribution >= 4 is 34.1 Å². The number of carbonyl (C=O) groups is 1. The van der Waals surface area contributed by atoms with Gasteiger partial charge < -0.3 is 9.47 Å². The number of nitrogens with one attached hydrogen (secondary N) is 1. The van der Waals surface area contributed by atoms with E-state index in [0.717, 1.165) is 16.2 Å². The van der Waals surface area contributed by atoms with Gasteiger partial charge in [-0.1, -0.05) is 26.0 Å². The van der Waals surface area contributed by atoms with Crippen LogP contribution in [0.15, 0.2) is 52.7 Å². The number of rotatable bonds is 7. The normalized spacial score (nSPS) is 10.8. The van der Waals surface area contributed by atoms with Crippen molar-refractivity contribution in [2.45, 2.75) is 24.0 Å². The van der Waals surface area contributed by atoms with Gasteiger partial charge in [0.15, 0.2) is 16.6 Å². The van der Waals surface area contributed by atoms with Crippen LogP contribution in [0, 0.1) is 0 Å². The van der Waals surface area contributed by atoms with E-state index < -0.39 is 0 Å². The van der Waals surface area contributed by atoms with Crippen molar-refractivity contribution in [1.82, 2.24) is 4.98 Å². The van der Waals surface area contributed by atoms with Crippen molar-refractivity contribution in [3.05, 3.63) is 53.4 Å². The summed E-state index contributed by atoms with van der Waals surface area (Å²) in [6.45, 7) is 4.21. The molecule has 3 aromatic rings. The van der Waals surface area contributed by atoms with Crippen LogP contribution in [0.3, 0.4) is 0 Å². The van der Waals surface area contributed by atoms with Crippen LogP contribution < -0.4 is 14.8 Å². The van der Waals surface area contributed by atoms with Gasteiger partial charge in [-0.05, 0) is 30.3 Å². The first kappa shape index (κ1) is 20.2. The van der Waals surface area contributed by atoms with E-state index in [1.165, 1.54) is 11.3 Å². The lowest BCUT2D eigenvalue weighted by molar-refractivity contribution is 0.102. The number of hydrogen-bond acceptors (Lipinski definition) is 6. The van der Waals surface area contributed by atoms with Gasteiger partial charge in [-0.15, -0.1) is 23.1 Å². The highest BCUT2D eigenvalue weighted by Crippen LogP contribution is 2.34. The third-order valence-corrected chi connectivity index (χ3v) is 5.74. The summed E-state index contributed by atoms with van der Waals surface area (Å²) in [6, 6.07) is 13.2. The van der Waals surface area contributed by atoms with Crippen molar-refractivity contribution in [2.75, 3.05) is 19.5 Å². The minimum atomic E-state index is -0.156. The Balaban J connectivity index is 1.79. The highest BCUT2D eigenvalue weighted by atomic mass is 32.2. The van der Waals surface area contributed by atoms with E-state index in [-0.39, 0.29) is 5.91 Å². The van der Waals surface area contributed by atoms with Gasteiger partial charge in [0.1, 0.15) is 0 Å². The molecule has 5 nitrogen and oxygen atoms in total. The fourth-order valence-corrected chi connectivity index (χ4v) is 4.30. The molecular weight excluding hydrogens is 392 g/mol. The van der Waals surface area contributed by atoms with Crippen LogP contribution in [-0.2, 0) is 0 Å². The Morgan fingerprint density at radius 2 is 1.86 bits per heavy atom. The summed E-state index contributed by atoms with van der Waals surface area (Å²) in [7, 11) is 3.20. The molecule has 0 bridgehead atoms. The van der Waals surface area contributed by atoms with E-state index in [1.54, 1.807) is 26.0 Å². The Labute approximate surface area is 173 Å². The number of hydrogen-bond donors (Lipinski definition) is 1. The number of benzene rings is 2. The smallest absolute Gasteiger partial charge is 0.258 e. The fourth-order valence-electron chi connectivity index (χ4n) is 2.63. The molecule has 1 amide bonds. The highest BCUT2D eigenvalue weighted by molar-refractivity contribution is 8.00. The van der Waals surface area contributed by atoms with Crippen molar-refractivity contribution in [3.63, 3.8) is 0 Å². The Hall–Kier alpha value is -2.51. The molecule has 28 heavy (non-hydrogen) atoms. The quantitative estimate of drug-likeness (QED) is 0.511. The number of aromatic nitrogens is 1. The maximum atomic E-state index is 12.8. The van der Waals surface area contributed by atoms with Gasteiger partial charge >= 0.3 is 0 Å². The zero-order chi connectivity index (χ0) is 20.1. The van der Waals surface area contributed by atoms with Gasteiger partial charge in [0.25, 0.3) is 5.91 Å². The fraction of sp³-hybridized carbons (Fsp3) is 0.238. The number of nitrogens with zero attached hydrogens (tertiary/aromatic N) is 1. The average Bonchev–Trinajstić information content (AvgIpc) is 3.15. The predicted octanol–water partition coefficient (Wildman–Crippen LogP) is 5.58. The van der Waals surface area contributed by atoms with Crippen molar-refractivity contribution in [1.29, 1.82) is 0 Å². The predicted molar refractivity (Wildman–Crippen MR) is 116 cm³/mol. The Kier molecular flexibility index (Phi) is 6.59. The van der Waals surface area contributed by atoms with Gasteiger partial charge in [-0.25, -0.2) is 4.98 Å². The number of carbonyl (C=O) groups excluding carboxylic acids is 1. The second kappa shape index (κ2) is 9.12. The number of methoxy groups -OCH3 is 2. The minimum Gasteiger partial charge on any atom is -0.493 e. The van der Waals surface area contributed by atoms with Gasteiger partial charge in [0, 0.05) is 21.1 Å². The van der Waals surface area contributed by atoms with Gasteiger partial charge in [-0.3, -0.25) is 10.1 Å². The lowest BCUT2D eigenvalue weighted by Gasteiger charge is -2.10. The van der Waals surface area contributed by atoms with Crippen LogP contribution >= 0.6 is 23.1 Å². The molecule has 2 aromatic carbocycles. The molecular formula is C21H22N2O3S2. The summed E-state index contributed by atoms with van der Waals surface area (Å²) >= 11 is 3.06. The molecule has 0 aliphatic heterocycles. The van der Waals surface area contributed by atoms with Crippen LogP contribution in [0.25, 0.3) is 11.3 Å². The zero-order valence-corrected chi connectivity index (χ0v) is 17.8. The molecule has 1 aromatic heterocycles. The summed E-state index contributed by atoms with van der Waals surface area (Å²) in [6.07, 6.45) is 0. The molecule has 1 heterocycles. The second-order valence-corrected chi connectivity index (χ2v) is 8.70. The van der Waals surface area contributed by atoms with Crippen molar-refractivity contribution < 1.29 is 14.3 Å². The first-order chi connectivity index (χ1) is 13.5. The molecule has 146 valence electrons. The van der Waals surface area contributed by atoms with Crippen molar-refractivity contribution in [2.24, 2.45) is 0 Å². The number of thiazole rings is 1. The van der Waals surface area contributed by atoms with E-state index in [0.29, 0.717) is 27.4 Å². The highest BCUT2D eigenvalue weighted by Gasteiger charge is 2.15. The van der Waals surface area contributed by atoms with E-state index in [4.69, 9.17) is 9.47 Å². The van der Waals surface area contributed by atoms with E-state index >= 15 is 0 Å². The molecule has 0 saturated carbocycles. The van der Waals surface area contributed by atoms with Gasteiger partial charge in [0.05, 0.1) is 25.5 Å². The molecule has 7 heteroatoms. The monoisotopic (exact) mass is 414 g/mol. The average molecular weight is 415 g/mol. The zero-order valence-electron chi connectivity index (χ0n) is 16.2. The van der Waals surface area contributed by atoms with E-state index in [9.17, 15) is 4.79 Å². The lowest BCUT2D eigenvalue weighted by atomic mass is 10.1. The third kappa shape index (κ3) is 4.66. The largest absolute Gasteiger partial charge is 0.493 e. The Bertz CT molecular complexity index is 970. The summed E-state index contributed by atoms with van der Waals surface area (Å²) in [4.78, 5) is 18.3. The number of amides is 1. The maximum Gasteiger partial charge on any atom is 0.258 e. The van der Waals surface area contributed by atoms with E-state index in [2.05, 4.69) is 24.1 Å². The van der Waals surface area contributed by atoms with Crippen LogP contribution in [0.1, 0.15) is 24.2 Å². The maximum absolute atomic E-state index is 12.8. The molecule has 3 rings (SSSR count). The number of ether oxygens (including phenoxy) is 2. The molecule has 0 aliphatic rings. The number of anilines is 1. The summed E-state index contributed by atoms with van der Waals surface area (Å²) < 4.78 is 10.6. The molecule has 0 aliphatic carbocycles. The molecule has 0 fully saturated rings. The molecule has 0 radical (unpaired) electrons. The van der Waals surface area contributed by atoms with Crippen LogP contribution in [0.2, 0.25) is 0 Å². The summed E-state index contributed by atoms with van der Waals surface area (Å²) in [5.41, 5.74) is 2.32. The second-order valence-electron chi connectivity index (χ2n) is 6.22. The van der Waals surface area contributed by atoms with E-state index in [1.807, 2.05) is 47.8 Å². The standard InChI is InChI=1S/C21H22N2O3S2/c1-13(2)28-19-8-6-5-7-15(19)20(24)23-21-22-16(12-27-21)14-9-10-17(25-3)18(11-14)26-4/h5-13H,1-4H3,(H,22,23,24). The first-order valence-electron chi connectivity index (χ1n) is 8.76. The summed E-state index contributed by atoms with van der Waals surface area (Å²) in [5.74, 6) is 1.14. The minimum absolute atomic E-state index is 0.156. The Morgan fingerprint density at radius 3 is 2.57 bits per heavy atom. The molecule has 1 N–H and O–H groups in total. The molecule has 0 unspecified atom stereocenters. The van der Waals surface area contributed by atoms with Crippen LogP contribution in [0.4, 0.5) is 5.13 Å². The molecule has 0 saturated heterocycles. The Morgan fingerprint density at radius 1 is 1.11 bits per heavy atom. The topological polar surface area (TPSA) is 60.5 Å².